The molecule has 2 aliphatic rings. The van der Waals surface area contributed by atoms with Crippen LogP contribution in [0.25, 0.3) is 0 Å². The molecule has 0 spiro atoms. The molecule has 0 aromatic heterocycles. The Hall–Kier alpha value is -2.86. The molecular formula is C25H30N2O4. The van der Waals surface area contributed by atoms with Crippen LogP contribution in [0.3, 0.4) is 0 Å². The molecule has 2 atom stereocenters. The number of esters is 1. The lowest BCUT2D eigenvalue weighted by Crippen LogP contribution is -2.63. The molecule has 0 radical (unpaired) electrons. The Morgan fingerprint density at radius 1 is 1.00 bits per heavy atom. The number of nitrogens with zero attached hydrogens (tertiary/aromatic N) is 2. The zero-order valence-corrected chi connectivity index (χ0v) is 18.0. The average molecular weight is 423 g/mol. The van der Waals surface area contributed by atoms with Crippen molar-refractivity contribution in [1.29, 1.82) is 0 Å². The summed E-state index contributed by atoms with van der Waals surface area (Å²) in [6, 6.07) is 19.8. The summed E-state index contributed by atoms with van der Waals surface area (Å²) in [7, 11) is 0. The first-order valence-corrected chi connectivity index (χ1v) is 11.0. The lowest BCUT2D eigenvalue weighted by atomic mass is 9.72. The molecule has 1 amide bonds. The Morgan fingerprint density at radius 2 is 1.68 bits per heavy atom. The Morgan fingerprint density at radius 3 is 2.35 bits per heavy atom. The van der Waals surface area contributed by atoms with Crippen LogP contribution < -0.4 is 0 Å². The molecule has 2 saturated heterocycles. The number of benzene rings is 2. The van der Waals surface area contributed by atoms with Gasteiger partial charge in [-0.3, -0.25) is 9.69 Å². The van der Waals surface area contributed by atoms with E-state index in [9.17, 15) is 9.59 Å². The summed E-state index contributed by atoms with van der Waals surface area (Å²) < 4.78 is 11.1. The second kappa shape index (κ2) is 9.52. The van der Waals surface area contributed by atoms with Gasteiger partial charge in [-0.25, -0.2) is 4.79 Å². The van der Waals surface area contributed by atoms with E-state index in [-0.39, 0.29) is 24.7 Å². The second-order valence-electron chi connectivity index (χ2n) is 8.50. The van der Waals surface area contributed by atoms with Gasteiger partial charge in [0.2, 0.25) is 0 Å². The van der Waals surface area contributed by atoms with E-state index in [1.54, 1.807) is 4.90 Å². The van der Waals surface area contributed by atoms with Gasteiger partial charge in [0.25, 0.3) is 0 Å². The predicted molar refractivity (Wildman–Crippen MR) is 117 cm³/mol. The van der Waals surface area contributed by atoms with Gasteiger partial charge in [0.05, 0.1) is 12.0 Å². The second-order valence-corrected chi connectivity index (χ2v) is 8.50. The van der Waals surface area contributed by atoms with E-state index >= 15 is 0 Å². The van der Waals surface area contributed by atoms with Crippen LogP contribution in [0.1, 0.15) is 30.9 Å². The zero-order valence-electron chi connectivity index (χ0n) is 18.0. The number of rotatable bonds is 6. The highest BCUT2D eigenvalue weighted by molar-refractivity contribution is 5.78. The van der Waals surface area contributed by atoms with Crippen molar-refractivity contribution in [1.82, 2.24) is 9.80 Å². The van der Waals surface area contributed by atoms with Crippen LogP contribution in [0.15, 0.2) is 60.7 Å². The topological polar surface area (TPSA) is 59.1 Å². The molecule has 0 aliphatic carbocycles. The van der Waals surface area contributed by atoms with E-state index in [1.165, 1.54) is 5.56 Å². The molecule has 31 heavy (non-hydrogen) atoms. The molecule has 2 fully saturated rings. The van der Waals surface area contributed by atoms with Crippen molar-refractivity contribution < 1.29 is 19.1 Å². The van der Waals surface area contributed by atoms with E-state index in [0.29, 0.717) is 32.5 Å². The van der Waals surface area contributed by atoms with Crippen molar-refractivity contribution in [2.45, 2.75) is 39.0 Å². The van der Waals surface area contributed by atoms with E-state index in [2.05, 4.69) is 17.0 Å². The maximum atomic E-state index is 12.9. The van der Waals surface area contributed by atoms with Crippen molar-refractivity contribution in [3.63, 3.8) is 0 Å². The summed E-state index contributed by atoms with van der Waals surface area (Å²) in [5.74, 6) is -0.143. The molecule has 0 N–H and O–H groups in total. The third-order valence-electron chi connectivity index (χ3n) is 6.29. The van der Waals surface area contributed by atoms with E-state index in [0.717, 1.165) is 18.7 Å². The SMILES string of the molecule is CCOC(=O)C12CCN(C(=O)OCc3ccccc3)C(CN(Cc3ccccc3)C1)C2. The molecule has 164 valence electrons. The molecule has 2 aliphatic heterocycles. The summed E-state index contributed by atoms with van der Waals surface area (Å²) in [5.41, 5.74) is 1.59. The highest BCUT2D eigenvalue weighted by atomic mass is 16.6. The quantitative estimate of drug-likeness (QED) is 0.662. The van der Waals surface area contributed by atoms with Gasteiger partial charge >= 0.3 is 12.1 Å². The molecule has 2 aromatic rings. The largest absolute Gasteiger partial charge is 0.466 e. The number of carbonyl (C=O) groups excluding carboxylic acids is 2. The third kappa shape index (κ3) is 4.90. The van der Waals surface area contributed by atoms with Crippen molar-refractivity contribution in [3.05, 3.63) is 71.8 Å². The monoisotopic (exact) mass is 422 g/mol. The van der Waals surface area contributed by atoms with Gasteiger partial charge in [-0.2, -0.15) is 0 Å². The minimum Gasteiger partial charge on any atom is -0.466 e. The van der Waals surface area contributed by atoms with Crippen LogP contribution in [-0.2, 0) is 27.4 Å². The zero-order chi connectivity index (χ0) is 21.7. The first kappa shape index (κ1) is 21.4. The number of amides is 1. The molecule has 2 bridgehead atoms. The van der Waals surface area contributed by atoms with Crippen LogP contribution in [0.5, 0.6) is 0 Å². The summed E-state index contributed by atoms with van der Waals surface area (Å²) in [5, 5.41) is 0. The molecule has 4 rings (SSSR count). The first-order valence-electron chi connectivity index (χ1n) is 11.0. The number of fused-ring (bicyclic) bond motifs is 2. The fourth-order valence-corrected chi connectivity index (χ4v) is 4.82. The Labute approximate surface area is 183 Å². The van der Waals surface area contributed by atoms with Crippen LogP contribution in [0.2, 0.25) is 0 Å². The van der Waals surface area contributed by atoms with Crippen molar-refractivity contribution >= 4 is 12.1 Å². The minimum absolute atomic E-state index is 0.0705. The van der Waals surface area contributed by atoms with Crippen molar-refractivity contribution in [2.75, 3.05) is 26.2 Å². The van der Waals surface area contributed by atoms with Crippen molar-refractivity contribution in [3.8, 4) is 0 Å². The number of hydrogen-bond acceptors (Lipinski definition) is 5. The summed E-state index contributed by atoms with van der Waals surface area (Å²) in [4.78, 5) is 29.9. The van der Waals surface area contributed by atoms with Gasteiger partial charge in [0.1, 0.15) is 6.61 Å². The molecule has 2 unspecified atom stereocenters. The van der Waals surface area contributed by atoms with Crippen LogP contribution >= 0.6 is 0 Å². The fourth-order valence-electron chi connectivity index (χ4n) is 4.82. The number of piperidine rings is 2. The maximum absolute atomic E-state index is 12.9. The predicted octanol–water partition coefficient (Wildman–Crippen LogP) is 3.85. The van der Waals surface area contributed by atoms with Gasteiger partial charge in [0, 0.05) is 32.2 Å². The lowest BCUT2D eigenvalue weighted by molar-refractivity contribution is -0.166. The van der Waals surface area contributed by atoms with E-state index in [4.69, 9.17) is 9.47 Å². The molecule has 2 heterocycles. The molecule has 6 heteroatoms. The third-order valence-corrected chi connectivity index (χ3v) is 6.29. The smallest absolute Gasteiger partial charge is 0.410 e. The lowest BCUT2D eigenvalue weighted by Gasteiger charge is -2.51. The first-order chi connectivity index (χ1) is 15.1. The van der Waals surface area contributed by atoms with Gasteiger partial charge in [-0.1, -0.05) is 60.7 Å². The highest BCUT2D eigenvalue weighted by Gasteiger charge is 2.52. The normalized spacial score (nSPS) is 23.3. The van der Waals surface area contributed by atoms with Crippen LogP contribution in [0.4, 0.5) is 4.79 Å². The van der Waals surface area contributed by atoms with Crippen LogP contribution in [-0.4, -0.2) is 54.1 Å². The minimum atomic E-state index is -0.566. The van der Waals surface area contributed by atoms with Crippen molar-refractivity contribution in [2.24, 2.45) is 5.41 Å². The maximum Gasteiger partial charge on any atom is 0.410 e. The van der Waals surface area contributed by atoms with Gasteiger partial charge in [-0.15, -0.1) is 0 Å². The van der Waals surface area contributed by atoms with E-state index in [1.807, 2.05) is 55.5 Å². The Balaban J connectivity index is 1.48. The number of hydrogen-bond donors (Lipinski definition) is 0. The summed E-state index contributed by atoms with van der Waals surface area (Å²) in [6.45, 7) is 5.08. The van der Waals surface area contributed by atoms with Gasteiger partial charge in [0.15, 0.2) is 0 Å². The summed E-state index contributed by atoms with van der Waals surface area (Å²) in [6.07, 6.45) is 0.902. The highest BCUT2D eigenvalue weighted by Crippen LogP contribution is 2.41. The standard InChI is InChI=1S/C25H30N2O4/c1-2-30-23(28)25-13-14-27(24(29)31-18-21-11-7-4-8-12-21)22(15-25)17-26(19-25)16-20-9-5-3-6-10-20/h3-12,22H,2,13-19H2,1H3. The average Bonchev–Trinajstić information content (AvgIpc) is 2.79. The van der Waals surface area contributed by atoms with E-state index < -0.39 is 5.41 Å². The Bertz CT molecular complexity index is 889. The fraction of sp³-hybridized carbons (Fsp3) is 0.440. The van der Waals surface area contributed by atoms with Gasteiger partial charge in [-0.05, 0) is 30.9 Å². The Kier molecular flexibility index (Phi) is 6.56. The molecule has 0 saturated carbocycles. The molecular weight excluding hydrogens is 392 g/mol. The van der Waals surface area contributed by atoms with Gasteiger partial charge < -0.3 is 14.4 Å². The summed E-state index contributed by atoms with van der Waals surface area (Å²) >= 11 is 0. The molecule has 2 aromatic carbocycles. The number of likely N-dealkylation sites (tertiary alicyclic amines) is 2. The number of carbonyl (C=O) groups is 2. The number of ether oxygens (including phenoxy) is 2. The molecule has 6 nitrogen and oxygen atoms in total. The van der Waals surface area contributed by atoms with Crippen LogP contribution in [0, 0.1) is 5.41 Å².